The Hall–Kier alpha value is -0.990. The first-order chi connectivity index (χ1) is 5.40. The molecule has 60 valence electrons. The zero-order chi connectivity index (χ0) is 7.68. The third-order valence-corrected chi connectivity index (χ3v) is 2.30. The van der Waals surface area contributed by atoms with Crippen molar-refractivity contribution in [3.8, 4) is 0 Å². The van der Waals surface area contributed by atoms with E-state index in [1.54, 1.807) is 0 Å². The fourth-order valence-corrected chi connectivity index (χ4v) is 1.48. The highest BCUT2D eigenvalue weighted by molar-refractivity contribution is 5.27. The molecule has 11 heavy (non-hydrogen) atoms. The Bertz CT molecular complexity index is 241. The first kappa shape index (κ1) is 6.70. The minimum atomic E-state index is 0.775. The number of hydrogen-bond acceptors (Lipinski definition) is 2. The summed E-state index contributed by atoms with van der Waals surface area (Å²) in [7, 11) is 0. The van der Waals surface area contributed by atoms with Crippen LogP contribution < -0.4 is 5.32 Å². The lowest BCUT2D eigenvalue weighted by molar-refractivity contribution is 0.429. The largest absolute Gasteiger partial charge is 0.355 e. The van der Waals surface area contributed by atoms with Crippen LogP contribution in [0.3, 0.4) is 0 Å². The van der Waals surface area contributed by atoms with Crippen molar-refractivity contribution in [2.24, 2.45) is 5.92 Å². The Morgan fingerprint density at radius 2 is 2.73 bits per heavy atom. The second kappa shape index (κ2) is 2.57. The summed E-state index contributed by atoms with van der Waals surface area (Å²) in [5.41, 5.74) is 0. The van der Waals surface area contributed by atoms with Gasteiger partial charge in [-0.1, -0.05) is 6.92 Å². The molecule has 2 rings (SSSR count). The number of hydrogen-bond donors (Lipinski definition) is 1. The van der Waals surface area contributed by atoms with Gasteiger partial charge in [0.05, 0.1) is 0 Å². The first-order valence-corrected chi connectivity index (χ1v) is 4.15. The number of rotatable bonds is 1. The molecule has 1 aliphatic heterocycles. The Kier molecular flexibility index (Phi) is 1.56. The molecule has 0 radical (unpaired) electrons. The molecule has 0 aliphatic carbocycles. The normalized spacial score (nSPS) is 22.5. The average molecular weight is 151 g/mol. The molecule has 0 fully saturated rings. The third kappa shape index (κ3) is 1.11. The maximum Gasteiger partial charge on any atom is 0.202 e. The van der Waals surface area contributed by atoms with Gasteiger partial charge in [-0.15, -0.1) is 0 Å². The maximum absolute atomic E-state index is 4.18. The summed E-state index contributed by atoms with van der Waals surface area (Å²) >= 11 is 0. The van der Waals surface area contributed by atoms with Crippen molar-refractivity contribution in [3.63, 3.8) is 0 Å². The van der Waals surface area contributed by atoms with E-state index in [-0.39, 0.29) is 0 Å². The Balaban J connectivity index is 2.18. The summed E-state index contributed by atoms with van der Waals surface area (Å²) in [5, 5.41) is 3.30. The molecular weight excluding hydrogens is 138 g/mol. The van der Waals surface area contributed by atoms with Crippen molar-refractivity contribution in [1.82, 2.24) is 9.55 Å². The van der Waals surface area contributed by atoms with Crippen LogP contribution in [0.1, 0.15) is 13.3 Å². The van der Waals surface area contributed by atoms with E-state index in [4.69, 9.17) is 0 Å². The molecule has 0 bridgehead atoms. The molecule has 3 heteroatoms. The van der Waals surface area contributed by atoms with Gasteiger partial charge < -0.3 is 9.88 Å². The first-order valence-electron chi connectivity index (χ1n) is 4.15. The highest BCUT2D eigenvalue weighted by Gasteiger charge is 2.15. The van der Waals surface area contributed by atoms with Crippen LogP contribution >= 0.6 is 0 Å². The van der Waals surface area contributed by atoms with Gasteiger partial charge >= 0.3 is 0 Å². The van der Waals surface area contributed by atoms with Crippen LogP contribution in [0.4, 0.5) is 5.95 Å². The van der Waals surface area contributed by atoms with Crippen LogP contribution in [0.2, 0.25) is 0 Å². The van der Waals surface area contributed by atoms with Crippen LogP contribution in [-0.4, -0.2) is 16.1 Å². The molecule has 0 spiro atoms. The molecule has 3 nitrogen and oxygen atoms in total. The Labute approximate surface area is 66.4 Å². The van der Waals surface area contributed by atoms with Gasteiger partial charge in [0, 0.05) is 25.5 Å². The van der Waals surface area contributed by atoms with Gasteiger partial charge in [0.25, 0.3) is 0 Å². The second-order valence-electron chi connectivity index (χ2n) is 3.06. The quantitative estimate of drug-likeness (QED) is 0.656. The van der Waals surface area contributed by atoms with E-state index in [0.29, 0.717) is 0 Å². The Morgan fingerprint density at radius 3 is 3.55 bits per heavy atom. The lowest BCUT2D eigenvalue weighted by atomic mass is 10.1. The van der Waals surface area contributed by atoms with E-state index in [1.807, 2.05) is 12.4 Å². The fourth-order valence-electron chi connectivity index (χ4n) is 1.48. The van der Waals surface area contributed by atoms with E-state index in [2.05, 4.69) is 21.8 Å². The van der Waals surface area contributed by atoms with Crippen LogP contribution in [0.15, 0.2) is 12.4 Å². The summed E-state index contributed by atoms with van der Waals surface area (Å²) in [6.07, 6.45) is 5.12. The molecule has 0 amide bonds. The summed E-state index contributed by atoms with van der Waals surface area (Å²) in [5.74, 6) is 1.80. The van der Waals surface area contributed by atoms with Crippen molar-refractivity contribution >= 4 is 5.95 Å². The predicted octanol–water partition coefficient (Wildman–Crippen LogP) is 1.33. The van der Waals surface area contributed by atoms with Crippen LogP contribution in [0.5, 0.6) is 0 Å². The van der Waals surface area contributed by atoms with Crippen LogP contribution in [0, 0.1) is 5.92 Å². The zero-order valence-corrected chi connectivity index (χ0v) is 6.75. The molecule has 2 heterocycles. The molecule has 1 N–H and O–H groups in total. The molecule has 0 saturated carbocycles. The van der Waals surface area contributed by atoms with Crippen molar-refractivity contribution < 1.29 is 0 Å². The van der Waals surface area contributed by atoms with Crippen molar-refractivity contribution in [1.29, 1.82) is 0 Å². The standard InChI is InChI=1S/C8H13N3/c1-2-7-5-10-8-9-3-4-11(8)6-7/h3-4,7H,2,5-6H2,1H3,(H,9,10). The summed E-state index contributed by atoms with van der Waals surface area (Å²) in [4.78, 5) is 4.18. The molecule has 1 aromatic rings. The maximum atomic E-state index is 4.18. The van der Waals surface area contributed by atoms with Crippen molar-refractivity contribution in [3.05, 3.63) is 12.4 Å². The van der Waals surface area contributed by atoms with Gasteiger partial charge in [-0.05, 0) is 12.3 Å². The highest BCUT2D eigenvalue weighted by atomic mass is 15.2. The van der Waals surface area contributed by atoms with E-state index >= 15 is 0 Å². The summed E-state index contributed by atoms with van der Waals surface area (Å²) in [6.45, 7) is 4.43. The number of nitrogens with one attached hydrogen (secondary N) is 1. The minimum Gasteiger partial charge on any atom is -0.355 e. The lowest BCUT2D eigenvalue weighted by Crippen LogP contribution is -2.26. The number of fused-ring (bicyclic) bond motifs is 1. The van der Waals surface area contributed by atoms with Crippen LogP contribution in [-0.2, 0) is 6.54 Å². The topological polar surface area (TPSA) is 29.9 Å². The molecule has 1 aliphatic rings. The van der Waals surface area contributed by atoms with E-state index in [1.165, 1.54) is 6.42 Å². The van der Waals surface area contributed by atoms with E-state index in [9.17, 15) is 0 Å². The number of imidazole rings is 1. The third-order valence-electron chi connectivity index (χ3n) is 2.30. The monoisotopic (exact) mass is 151 g/mol. The zero-order valence-electron chi connectivity index (χ0n) is 6.75. The molecular formula is C8H13N3. The van der Waals surface area contributed by atoms with E-state index in [0.717, 1.165) is 25.0 Å². The van der Waals surface area contributed by atoms with Gasteiger partial charge in [0.1, 0.15) is 0 Å². The molecule has 0 aromatic carbocycles. The van der Waals surface area contributed by atoms with E-state index < -0.39 is 0 Å². The van der Waals surface area contributed by atoms with Gasteiger partial charge in [-0.2, -0.15) is 0 Å². The van der Waals surface area contributed by atoms with Gasteiger partial charge in [-0.3, -0.25) is 0 Å². The minimum absolute atomic E-state index is 0.775. The van der Waals surface area contributed by atoms with Crippen molar-refractivity contribution in [2.45, 2.75) is 19.9 Å². The molecule has 1 atom stereocenters. The second-order valence-corrected chi connectivity index (χ2v) is 3.06. The van der Waals surface area contributed by atoms with Crippen LogP contribution in [0.25, 0.3) is 0 Å². The molecule has 1 unspecified atom stereocenters. The summed E-state index contributed by atoms with van der Waals surface area (Å²) < 4.78 is 2.18. The SMILES string of the molecule is CCC1CNc2nccn2C1. The highest BCUT2D eigenvalue weighted by Crippen LogP contribution is 2.16. The van der Waals surface area contributed by atoms with Crippen molar-refractivity contribution in [2.75, 3.05) is 11.9 Å². The smallest absolute Gasteiger partial charge is 0.202 e. The van der Waals surface area contributed by atoms with Gasteiger partial charge in [0.15, 0.2) is 0 Å². The molecule has 0 saturated heterocycles. The average Bonchev–Trinajstić information content (AvgIpc) is 2.50. The van der Waals surface area contributed by atoms with Gasteiger partial charge in [-0.25, -0.2) is 4.98 Å². The predicted molar refractivity (Wildman–Crippen MR) is 44.5 cm³/mol. The number of nitrogens with zero attached hydrogens (tertiary/aromatic N) is 2. The lowest BCUT2D eigenvalue weighted by Gasteiger charge is -2.23. The number of anilines is 1. The fraction of sp³-hybridized carbons (Fsp3) is 0.625. The Morgan fingerprint density at radius 1 is 1.82 bits per heavy atom. The summed E-state index contributed by atoms with van der Waals surface area (Å²) in [6, 6.07) is 0. The molecule has 1 aromatic heterocycles. The number of aromatic nitrogens is 2. The van der Waals surface area contributed by atoms with Gasteiger partial charge in [0.2, 0.25) is 5.95 Å².